The zero-order valence-corrected chi connectivity index (χ0v) is 12.0. The van der Waals surface area contributed by atoms with E-state index in [1.807, 2.05) is 41.9 Å². The van der Waals surface area contributed by atoms with Crippen LogP contribution in [0.5, 0.6) is 0 Å². The number of hydrogen-bond acceptors (Lipinski definition) is 3. The van der Waals surface area contributed by atoms with E-state index in [0.717, 1.165) is 11.1 Å². The van der Waals surface area contributed by atoms with Crippen LogP contribution in [-0.2, 0) is 11.2 Å². The Balaban J connectivity index is 2.15. The van der Waals surface area contributed by atoms with E-state index in [1.165, 1.54) is 0 Å². The second-order valence-electron chi connectivity index (χ2n) is 4.37. The zero-order valence-electron chi connectivity index (χ0n) is 11.1. The number of hydrogen-bond donors (Lipinski definition) is 2. The lowest BCUT2D eigenvalue weighted by Crippen LogP contribution is -2.15. The van der Waals surface area contributed by atoms with Crippen molar-refractivity contribution in [3.8, 4) is 11.8 Å². The van der Waals surface area contributed by atoms with E-state index in [0.29, 0.717) is 17.7 Å². The largest absolute Gasteiger partial charge is 0.384 e. The highest BCUT2D eigenvalue weighted by Gasteiger charge is 2.07. The van der Waals surface area contributed by atoms with Crippen LogP contribution >= 0.6 is 11.3 Å². The van der Waals surface area contributed by atoms with E-state index in [1.54, 1.807) is 11.3 Å². The van der Waals surface area contributed by atoms with Gasteiger partial charge in [-0.3, -0.25) is 4.79 Å². The summed E-state index contributed by atoms with van der Waals surface area (Å²) in [7, 11) is 0. The molecule has 0 spiro atoms. The highest BCUT2D eigenvalue weighted by Crippen LogP contribution is 2.17. The number of aliphatic hydroxyl groups is 1. The van der Waals surface area contributed by atoms with Crippen LogP contribution in [0, 0.1) is 18.8 Å². The molecule has 102 valence electrons. The van der Waals surface area contributed by atoms with Crippen molar-refractivity contribution in [3.63, 3.8) is 0 Å². The second-order valence-corrected chi connectivity index (χ2v) is 5.15. The first-order valence-electron chi connectivity index (χ1n) is 6.20. The van der Waals surface area contributed by atoms with E-state index in [4.69, 9.17) is 5.11 Å². The fourth-order valence-corrected chi connectivity index (χ4v) is 2.45. The van der Waals surface area contributed by atoms with Gasteiger partial charge in [-0.05, 0) is 47.0 Å². The molecule has 0 saturated carbocycles. The molecule has 2 N–H and O–H groups in total. The first kappa shape index (κ1) is 14.3. The summed E-state index contributed by atoms with van der Waals surface area (Å²) in [6.45, 7) is 1.76. The average Bonchev–Trinajstić information content (AvgIpc) is 2.90. The SMILES string of the molecule is Cc1ccc(C#CCO)c(NC(=O)Cc2ccsc2)c1. The molecule has 2 aromatic rings. The standard InChI is InChI=1S/C16H15NO2S/c1-12-4-5-14(3-2-7-18)15(9-12)17-16(19)10-13-6-8-20-11-13/h4-6,8-9,11,18H,7,10H2,1H3,(H,17,19). The van der Waals surface area contributed by atoms with Crippen molar-refractivity contribution in [1.29, 1.82) is 0 Å². The summed E-state index contributed by atoms with van der Waals surface area (Å²) in [5.74, 6) is 5.37. The normalized spacial score (nSPS) is 9.70. The number of anilines is 1. The van der Waals surface area contributed by atoms with Gasteiger partial charge >= 0.3 is 0 Å². The maximum atomic E-state index is 12.0. The van der Waals surface area contributed by atoms with Crippen molar-refractivity contribution in [3.05, 3.63) is 51.7 Å². The van der Waals surface area contributed by atoms with Gasteiger partial charge in [0.25, 0.3) is 0 Å². The number of thiophene rings is 1. The molecule has 0 saturated heterocycles. The molecule has 0 aliphatic heterocycles. The predicted molar refractivity (Wildman–Crippen MR) is 81.8 cm³/mol. The highest BCUT2D eigenvalue weighted by atomic mass is 32.1. The molecule has 0 radical (unpaired) electrons. The van der Waals surface area contributed by atoms with Gasteiger partial charge < -0.3 is 10.4 Å². The number of amides is 1. The molecule has 20 heavy (non-hydrogen) atoms. The lowest BCUT2D eigenvalue weighted by atomic mass is 10.1. The third-order valence-electron chi connectivity index (χ3n) is 2.70. The molecule has 0 unspecified atom stereocenters. The summed E-state index contributed by atoms with van der Waals surface area (Å²) in [6.07, 6.45) is 0.351. The van der Waals surface area contributed by atoms with Crippen molar-refractivity contribution in [1.82, 2.24) is 0 Å². The van der Waals surface area contributed by atoms with Crippen LogP contribution in [0.25, 0.3) is 0 Å². The van der Waals surface area contributed by atoms with E-state index in [9.17, 15) is 4.79 Å². The molecule has 3 nitrogen and oxygen atoms in total. The van der Waals surface area contributed by atoms with Gasteiger partial charge in [-0.25, -0.2) is 0 Å². The van der Waals surface area contributed by atoms with Crippen molar-refractivity contribution >= 4 is 22.9 Å². The molecule has 1 heterocycles. The van der Waals surface area contributed by atoms with Crippen molar-refractivity contribution in [2.24, 2.45) is 0 Å². The molecule has 1 amide bonds. The minimum Gasteiger partial charge on any atom is -0.384 e. The van der Waals surface area contributed by atoms with Crippen LogP contribution in [-0.4, -0.2) is 17.6 Å². The Bertz CT molecular complexity index is 651. The minimum absolute atomic E-state index is 0.0685. The van der Waals surface area contributed by atoms with Crippen LogP contribution in [0.2, 0.25) is 0 Å². The van der Waals surface area contributed by atoms with E-state index in [2.05, 4.69) is 17.2 Å². The van der Waals surface area contributed by atoms with Crippen LogP contribution in [0.4, 0.5) is 5.69 Å². The maximum Gasteiger partial charge on any atom is 0.228 e. The molecule has 0 aliphatic rings. The maximum absolute atomic E-state index is 12.0. The molecular formula is C16H15NO2S. The molecule has 1 aromatic heterocycles. The molecule has 2 rings (SSSR count). The van der Waals surface area contributed by atoms with Crippen LogP contribution in [0.15, 0.2) is 35.0 Å². The Labute approximate surface area is 122 Å². The van der Waals surface area contributed by atoms with E-state index in [-0.39, 0.29) is 12.5 Å². The molecular weight excluding hydrogens is 270 g/mol. The minimum atomic E-state index is -0.198. The molecule has 4 heteroatoms. The summed E-state index contributed by atoms with van der Waals surface area (Å²) < 4.78 is 0. The summed E-state index contributed by atoms with van der Waals surface area (Å²) in [5.41, 5.74) is 3.45. The van der Waals surface area contributed by atoms with Gasteiger partial charge in [0.1, 0.15) is 6.61 Å². The Kier molecular flexibility index (Phi) is 4.94. The van der Waals surface area contributed by atoms with Crippen molar-refractivity contribution in [2.75, 3.05) is 11.9 Å². The van der Waals surface area contributed by atoms with Gasteiger partial charge in [0.15, 0.2) is 0 Å². The summed E-state index contributed by atoms with van der Waals surface area (Å²) in [4.78, 5) is 12.0. The first-order chi connectivity index (χ1) is 9.69. The number of nitrogens with one attached hydrogen (secondary N) is 1. The van der Waals surface area contributed by atoms with E-state index < -0.39 is 0 Å². The molecule has 1 aromatic carbocycles. The van der Waals surface area contributed by atoms with Gasteiger partial charge in [0, 0.05) is 5.56 Å². The average molecular weight is 285 g/mol. The molecule has 0 fully saturated rings. The number of carbonyl (C=O) groups is 1. The number of aryl methyl sites for hydroxylation is 1. The van der Waals surface area contributed by atoms with E-state index >= 15 is 0 Å². The van der Waals surface area contributed by atoms with Crippen molar-refractivity contribution in [2.45, 2.75) is 13.3 Å². The number of benzene rings is 1. The van der Waals surface area contributed by atoms with Crippen LogP contribution < -0.4 is 5.32 Å². The smallest absolute Gasteiger partial charge is 0.228 e. The van der Waals surface area contributed by atoms with Crippen LogP contribution in [0.1, 0.15) is 16.7 Å². The van der Waals surface area contributed by atoms with Crippen molar-refractivity contribution < 1.29 is 9.90 Å². The van der Waals surface area contributed by atoms with Gasteiger partial charge in [-0.2, -0.15) is 11.3 Å². The highest BCUT2D eigenvalue weighted by molar-refractivity contribution is 7.08. The fraction of sp³-hybridized carbons (Fsp3) is 0.188. The number of carbonyl (C=O) groups excluding carboxylic acids is 1. The van der Waals surface area contributed by atoms with Gasteiger partial charge in [0.05, 0.1) is 12.1 Å². The second kappa shape index (κ2) is 6.90. The lowest BCUT2D eigenvalue weighted by molar-refractivity contribution is -0.115. The Morgan fingerprint density at radius 3 is 2.95 bits per heavy atom. The first-order valence-corrected chi connectivity index (χ1v) is 7.14. The predicted octanol–water partition coefficient (Wildman–Crippen LogP) is 2.58. The fourth-order valence-electron chi connectivity index (χ4n) is 1.78. The van der Waals surface area contributed by atoms with Gasteiger partial charge in [-0.15, -0.1) is 0 Å². The Hall–Kier alpha value is -2.09. The van der Waals surface area contributed by atoms with Gasteiger partial charge in [0.2, 0.25) is 5.91 Å². The summed E-state index contributed by atoms with van der Waals surface area (Å²) in [6, 6.07) is 7.59. The molecule has 0 aliphatic carbocycles. The third kappa shape index (κ3) is 3.95. The topological polar surface area (TPSA) is 49.3 Å². The molecule has 0 atom stereocenters. The number of rotatable bonds is 3. The summed E-state index contributed by atoms with van der Waals surface area (Å²) >= 11 is 1.57. The Morgan fingerprint density at radius 1 is 1.40 bits per heavy atom. The molecule has 0 bridgehead atoms. The zero-order chi connectivity index (χ0) is 14.4. The van der Waals surface area contributed by atoms with Crippen LogP contribution in [0.3, 0.4) is 0 Å². The quantitative estimate of drug-likeness (QED) is 0.852. The Morgan fingerprint density at radius 2 is 2.25 bits per heavy atom. The summed E-state index contributed by atoms with van der Waals surface area (Å²) in [5, 5.41) is 15.6. The lowest BCUT2D eigenvalue weighted by Gasteiger charge is -2.08. The monoisotopic (exact) mass is 285 g/mol. The van der Waals surface area contributed by atoms with Gasteiger partial charge in [-0.1, -0.05) is 17.9 Å². The number of aliphatic hydroxyl groups excluding tert-OH is 1. The third-order valence-corrected chi connectivity index (χ3v) is 3.43.